The molecule has 2 unspecified atom stereocenters. The Labute approximate surface area is 333 Å². The first-order valence-electron chi connectivity index (χ1n) is 19.5. The molecule has 5 rings (SSSR count). The Bertz CT molecular complexity index is 1860. The highest BCUT2D eigenvalue weighted by Gasteiger charge is 2.60. The van der Waals surface area contributed by atoms with Crippen LogP contribution in [0.3, 0.4) is 0 Å². The Morgan fingerprint density at radius 3 is 2.39 bits per heavy atom. The van der Waals surface area contributed by atoms with Crippen molar-refractivity contribution in [3.8, 4) is 23.2 Å². The molecule has 0 aliphatic carbocycles. The molecule has 17 nitrogen and oxygen atoms in total. The molecular formula is C40H57N7O10. The number of ketones is 2. The summed E-state index contributed by atoms with van der Waals surface area (Å²) in [6.07, 6.45) is -3.29. The van der Waals surface area contributed by atoms with Crippen molar-refractivity contribution in [2.75, 3.05) is 19.4 Å². The van der Waals surface area contributed by atoms with Crippen LogP contribution in [0.25, 0.3) is 11.4 Å². The molecule has 312 valence electrons. The Morgan fingerprint density at radius 1 is 1.02 bits per heavy atom. The van der Waals surface area contributed by atoms with Crippen molar-refractivity contribution in [1.82, 2.24) is 24.9 Å². The van der Waals surface area contributed by atoms with E-state index in [1.165, 1.54) is 23.6 Å². The van der Waals surface area contributed by atoms with Crippen LogP contribution < -0.4 is 11.5 Å². The Kier molecular flexibility index (Phi) is 13.5. The highest BCUT2D eigenvalue weighted by Crippen LogP contribution is 2.42. The molecule has 2 aromatic heterocycles. The highest BCUT2D eigenvalue weighted by atomic mass is 16.7. The first kappa shape index (κ1) is 43.6. The fourth-order valence-electron chi connectivity index (χ4n) is 8.55. The number of carbonyl (C=O) groups is 4. The van der Waals surface area contributed by atoms with Crippen LogP contribution in [0, 0.1) is 35.5 Å². The van der Waals surface area contributed by atoms with E-state index in [9.17, 15) is 24.3 Å². The lowest BCUT2D eigenvalue weighted by Crippen LogP contribution is -2.60. The van der Waals surface area contributed by atoms with Crippen LogP contribution in [0.2, 0.25) is 0 Å². The van der Waals surface area contributed by atoms with Gasteiger partial charge in [0.1, 0.15) is 42.0 Å². The fourth-order valence-corrected chi connectivity index (χ4v) is 8.55. The number of nitrogens with two attached hydrogens (primary N) is 2. The molecule has 3 saturated heterocycles. The third-order valence-electron chi connectivity index (χ3n) is 11.8. The maximum atomic E-state index is 14.6. The van der Waals surface area contributed by atoms with Gasteiger partial charge < -0.3 is 40.3 Å². The number of pyridine rings is 1. The minimum Gasteiger partial charge on any atom is -0.458 e. The number of aliphatic hydroxyl groups excluding tert-OH is 1. The van der Waals surface area contributed by atoms with Crippen molar-refractivity contribution in [3.05, 3.63) is 24.4 Å². The van der Waals surface area contributed by atoms with Gasteiger partial charge in [0.05, 0.1) is 42.3 Å². The summed E-state index contributed by atoms with van der Waals surface area (Å²) in [6.45, 7) is 13.5. The number of aromatic nitrogens is 4. The van der Waals surface area contributed by atoms with E-state index in [2.05, 4.69) is 27.1 Å². The Balaban J connectivity index is 1.46. The quantitative estimate of drug-likeness (QED) is 0.208. The van der Waals surface area contributed by atoms with Crippen molar-refractivity contribution in [3.63, 3.8) is 0 Å². The summed E-state index contributed by atoms with van der Waals surface area (Å²) in [4.78, 5) is 62.0. The monoisotopic (exact) mass is 795 g/mol. The summed E-state index contributed by atoms with van der Waals surface area (Å²) < 4.78 is 32.1. The number of methoxy groups -OCH3 is 1. The van der Waals surface area contributed by atoms with Crippen LogP contribution in [0.1, 0.15) is 74.7 Å². The summed E-state index contributed by atoms with van der Waals surface area (Å²) in [5, 5.41) is 19.2. The molecule has 5 heterocycles. The van der Waals surface area contributed by atoms with Crippen LogP contribution in [-0.2, 0) is 44.6 Å². The number of hydrogen-bond donors (Lipinski definition) is 3. The predicted molar refractivity (Wildman–Crippen MR) is 206 cm³/mol. The number of rotatable bonds is 7. The minimum absolute atomic E-state index is 0.0679. The van der Waals surface area contributed by atoms with E-state index in [1.54, 1.807) is 72.9 Å². The zero-order chi connectivity index (χ0) is 42.0. The lowest BCUT2D eigenvalue weighted by atomic mass is 9.73. The van der Waals surface area contributed by atoms with E-state index in [0.717, 1.165) is 0 Å². The summed E-state index contributed by atoms with van der Waals surface area (Å²) in [5.41, 5.74) is 10.3. The molecule has 17 heteroatoms. The molecule has 2 aromatic rings. The second-order valence-electron chi connectivity index (χ2n) is 16.0. The number of hydrogen-bond acceptors (Lipinski definition) is 15. The zero-order valence-corrected chi connectivity index (χ0v) is 34.2. The highest BCUT2D eigenvalue weighted by molar-refractivity contribution is 6.00. The summed E-state index contributed by atoms with van der Waals surface area (Å²) >= 11 is 0. The largest absolute Gasteiger partial charge is 0.458 e. The molecule has 1 amide bonds. The maximum Gasteiger partial charge on any atom is 0.411 e. The number of fused-ring (bicyclic) bond motifs is 1. The number of nitrogens with zero attached hydrogens (tertiary/aromatic N) is 5. The number of carbonyl (C=O) groups excluding carboxylic acids is 4. The van der Waals surface area contributed by atoms with E-state index >= 15 is 0 Å². The third kappa shape index (κ3) is 9.00. The molecule has 0 aromatic carbocycles. The Hall–Kier alpha value is -4.47. The summed E-state index contributed by atoms with van der Waals surface area (Å²) in [5.74, 6) is 0.965. The van der Waals surface area contributed by atoms with Crippen LogP contribution in [-0.4, -0.2) is 121 Å². The average molecular weight is 796 g/mol. The maximum absolute atomic E-state index is 14.6. The standard InChI is InChI=1S/C40H57N7O10/c1-10-29-40(8)34(47(38(52)57-40)17-12-11-16-46-20-28(44-45-46)27-14-13-15-30(42)43-27)23(4)31(48)21(2)19-39(7,53-9)35(24(5)32(49)25(6)36(51)55-29)56-37-33(50)26(41)18-22(3)54-37/h13-15,20-26,29,33-35,37,50H,10,16-19,41H2,1-9H3,(H2,42,43)/t21-,22-,23+,24+,25-,26?,29-,33?,34-,35-,37+,39-,40-/m1/s1. The van der Waals surface area contributed by atoms with Crippen LogP contribution in [0.4, 0.5) is 10.6 Å². The number of aliphatic hydroxyl groups is 1. The van der Waals surface area contributed by atoms with Crippen LogP contribution >= 0.6 is 0 Å². The molecule has 13 atom stereocenters. The number of amides is 1. The second kappa shape index (κ2) is 17.6. The Morgan fingerprint density at radius 2 is 1.72 bits per heavy atom. The zero-order valence-electron chi connectivity index (χ0n) is 34.2. The molecule has 0 radical (unpaired) electrons. The molecule has 0 spiro atoms. The van der Waals surface area contributed by atoms with E-state index in [4.69, 9.17) is 35.2 Å². The van der Waals surface area contributed by atoms with Gasteiger partial charge in [0.2, 0.25) is 0 Å². The molecule has 0 bridgehead atoms. The van der Waals surface area contributed by atoms with E-state index < -0.39 is 89.4 Å². The minimum atomic E-state index is -1.50. The van der Waals surface area contributed by atoms with Gasteiger partial charge in [0, 0.05) is 30.9 Å². The van der Waals surface area contributed by atoms with Gasteiger partial charge in [-0.2, -0.15) is 0 Å². The van der Waals surface area contributed by atoms with Gasteiger partial charge in [-0.15, -0.1) is 5.10 Å². The van der Waals surface area contributed by atoms with Gasteiger partial charge in [-0.1, -0.05) is 50.8 Å². The summed E-state index contributed by atoms with van der Waals surface area (Å²) in [6, 6.07) is 3.62. The van der Waals surface area contributed by atoms with E-state index in [0.29, 0.717) is 23.6 Å². The fraction of sp³-hybridized carbons (Fsp3) is 0.675. The van der Waals surface area contributed by atoms with E-state index in [-0.39, 0.29) is 37.8 Å². The van der Waals surface area contributed by atoms with Gasteiger partial charge in [-0.05, 0) is 59.1 Å². The number of Topliss-reactive ketones (excluding diaryl/α,β-unsaturated/α-hetero) is 2. The lowest BCUT2D eigenvalue weighted by Gasteiger charge is -2.46. The van der Waals surface area contributed by atoms with Gasteiger partial charge in [-0.25, -0.2) is 14.5 Å². The molecule has 57 heavy (non-hydrogen) atoms. The van der Waals surface area contributed by atoms with Crippen molar-refractivity contribution in [2.45, 2.75) is 135 Å². The van der Waals surface area contributed by atoms with E-state index in [1.807, 2.05) is 0 Å². The third-order valence-corrected chi connectivity index (χ3v) is 11.8. The van der Waals surface area contributed by atoms with Gasteiger partial charge in [-0.3, -0.25) is 19.3 Å². The molecule has 0 saturated carbocycles. The van der Waals surface area contributed by atoms with Gasteiger partial charge in [0.15, 0.2) is 17.7 Å². The molecule has 5 N–H and O–H groups in total. The van der Waals surface area contributed by atoms with Crippen molar-refractivity contribution >= 4 is 29.4 Å². The second-order valence-corrected chi connectivity index (χ2v) is 16.0. The van der Waals surface area contributed by atoms with Crippen LogP contribution in [0.15, 0.2) is 24.4 Å². The average Bonchev–Trinajstić information content (AvgIpc) is 3.75. The molecule has 3 aliphatic rings. The number of anilines is 1. The van der Waals surface area contributed by atoms with Crippen molar-refractivity contribution in [2.24, 2.45) is 29.4 Å². The first-order chi connectivity index (χ1) is 26.8. The number of ether oxygens (including phenoxy) is 5. The smallest absolute Gasteiger partial charge is 0.411 e. The molecule has 3 fully saturated rings. The molecular weight excluding hydrogens is 738 g/mol. The van der Waals surface area contributed by atoms with Crippen LogP contribution in [0.5, 0.6) is 0 Å². The topological polar surface area (TPSA) is 234 Å². The predicted octanol–water partition coefficient (Wildman–Crippen LogP) is 2.53. The number of nitrogen functional groups attached to an aromatic ring is 1. The van der Waals surface area contributed by atoms with Crippen molar-refractivity contribution < 1.29 is 48.0 Å². The SMILES string of the molecule is CC[C@H]1OC(=O)[C@H](C)C(=O)[C@H](C)[C@@H](O[C@@H]2O[C@H](C)CC(N)C2O)[C@](C)(OC)C[C@@H](C)C(=O)[C@H](C)[C@H]2N(CC#CCn3cc(-c4cccc(N)n4)nn3)C(=O)O[C@]12C. The van der Waals surface area contributed by atoms with Gasteiger partial charge >= 0.3 is 12.1 Å². The lowest BCUT2D eigenvalue weighted by molar-refractivity contribution is -0.288. The first-order valence-corrected chi connectivity index (χ1v) is 19.5. The molecule has 3 aliphatic heterocycles. The number of esters is 1. The number of cyclic esters (lactones) is 1. The normalized spacial score (nSPS) is 36.8. The summed E-state index contributed by atoms with van der Waals surface area (Å²) in [7, 11) is 1.45. The van der Waals surface area contributed by atoms with Gasteiger partial charge in [0.25, 0.3) is 0 Å². The van der Waals surface area contributed by atoms with Crippen molar-refractivity contribution in [1.29, 1.82) is 0 Å².